The molecule has 2 nitrogen and oxygen atoms in total. The van der Waals surface area contributed by atoms with Gasteiger partial charge < -0.3 is 5.32 Å². The Balaban J connectivity index is -0.000000313. The zero-order valence-corrected chi connectivity index (χ0v) is 13.3. The predicted octanol–water partition coefficient (Wildman–Crippen LogP) is 4.67. The maximum Gasteiger partial charge on any atom is 0.220 e. The summed E-state index contributed by atoms with van der Waals surface area (Å²) in [4.78, 5) is 10.9. The number of nitrogens with one attached hydrogen (secondary N) is 1. The lowest BCUT2D eigenvalue weighted by Gasteiger charge is -2.06. The number of amides is 1. The van der Waals surface area contributed by atoms with Crippen molar-refractivity contribution < 1.29 is 4.79 Å². The Hall–Kier alpha value is -1.57. The molecule has 1 aliphatic rings. The van der Waals surface area contributed by atoms with E-state index in [1.807, 2.05) is 40.7 Å². The third-order valence-corrected chi connectivity index (χ3v) is 1.99. The first-order valence-electron chi connectivity index (χ1n) is 6.98. The first-order valence-corrected chi connectivity index (χ1v) is 6.98. The van der Waals surface area contributed by atoms with Gasteiger partial charge in [0.1, 0.15) is 0 Å². The molecule has 0 aromatic heterocycles. The van der Waals surface area contributed by atoms with Crippen LogP contribution in [0.5, 0.6) is 0 Å². The minimum atomic E-state index is 0.122. The van der Waals surface area contributed by atoms with Crippen molar-refractivity contribution in [2.24, 2.45) is 5.92 Å². The molecule has 0 aliphatic carbocycles. The summed E-state index contributed by atoms with van der Waals surface area (Å²) in [6.45, 7) is 21.3. The maximum atomic E-state index is 10.9. The Kier molecular flexibility index (Phi) is 22.3. The Labute approximate surface area is 120 Å². The molecular formula is C17H31NO. The van der Waals surface area contributed by atoms with Crippen LogP contribution in [0, 0.1) is 5.92 Å². The van der Waals surface area contributed by atoms with Gasteiger partial charge in [-0.15, -0.1) is 6.58 Å². The molecule has 19 heavy (non-hydrogen) atoms. The summed E-state index contributed by atoms with van der Waals surface area (Å²) in [6.07, 6.45) is 7.73. The molecule has 1 atom stereocenters. The second kappa shape index (κ2) is 18.8. The van der Waals surface area contributed by atoms with Crippen LogP contribution < -0.4 is 5.32 Å². The summed E-state index contributed by atoms with van der Waals surface area (Å²) >= 11 is 0. The van der Waals surface area contributed by atoms with Gasteiger partial charge in [-0.3, -0.25) is 4.79 Å². The van der Waals surface area contributed by atoms with Crippen LogP contribution in [0.2, 0.25) is 0 Å². The lowest BCUT2D eigenvalue weighted by Crippen LogP contribution is -2.14. The molecule has 1 unspecified atom stereocenters. The molecule has 1 rings (SSSR count). The van der Waals surface area contributed by atoms with E-state index in [0.29, 0.717) is 6.42 Å². The van der Waals surface area contributed by atoms with Gasteiger partial charge in [0.15, 0.2) is 0 Å². The summed E-state index contributed by atoms with van der Waals surface area (Å²) in [5.74, 6) is 0.407. The molecule has 1 aliphatic heterocycles. The van der Waals surface area contributed by atoms with Crippen LogP contribution in [-0.2, 0) is 4.79 Å². The molecule has 2 heteroatoms. The predicted molar refractivity (Wildman–Crippen MR) is 88.2 cm³/mol. The summed E-state index contributed by atoms with van der Waals surface area (Å²) in [5, 5.41) is 2.78. The lowest BCUT2D eigenvalue weighted by atomic mass is 9.98. The molecule has 1 amide bonds. The monoisotopic (exact) mass is 265 g/mol. The minimum Gasteiger partial charge on any atom is -0.355 e. The molecule has 0 saturated carbocycles. The van der Waals surface area contributed by atoms with Crippen molar-refractivity contribution in [2.45, 2.75) is 41.0 Å². The van der Waals surface area contributed by atoms with E-state index < -0.39 is 0 Å². The van der Waals surface area contributed by atoms with E-state index in [1.54, 1.807) is 18.2 Å². The number of carbonyl (C=O) groups is 1. The van der Waals surface area contributed by atoms with Gasteiger partial charge in [-0.2, -0.15) is 0 Å². The van der Waals surface area contributed by atoms with Crippen molar-refractivity contribution >= 4 is 5.91 Å². The van der Waals surface area contributed by atoms with Crippen molar-refractivity contribution in [3.05, 3.63) is 49.6 Å². The zero-order chi connectivity index (χ0) is 15.7. The highest BCUT2D eigenvalue weighted by atomic mass is 16.1. The van der Waals surface area contributed by atoms with Crippen LogP contribution >= 0.6 is 0 Å². The Morgan fingerprint density at radius 3 is 1.95 bits per heavy atom. The highest BCUT2D eigenvalue weighted by Crippen LogP contribution is 2.19. The van der Waals surface area contributed by atoms with E-state index in [2.05, 4.69) is 25.1 Å². The Bertz CT molecular complexity index is 277. The summed E-state index contributed by atoms with van der Waals surface area (Å²) in [5.41, 5.74) is 1.09. The van der Waals surface area contributed by atoms with Crippen molar-refractivity contribution in [1.82, 2.24) is 5.32 Å². The molecule has 1 N–H and O–H groups in total. The molecule has 0 radical (unpaired) electrons. The van der Waals surface area contributed by atoms with E-state index in [-0.39, 0.29) is 11.8 Å². The molecule has 0 bridgehead atoms. The van der Waals surface area contributed by atoms with Crippen LogP contribution in [0.4, 0.5) is 0 Å². The SMILES string of the molecule is C=C/C=C(\C=C)C1CNC(=O)C1.C=CC.CC.CC. The molecule has 1 heterocycles. The summed E-state index contributed by atoms with van der Waals surface area (Å²) in [7, 11) is 0. The fourth-order valence-corrected chi connectivity index (χ4v) is 1.35. The van der Waals surface area contributed by atoms with Crippen LogP contribution in [0.15, 0.2) is 49.6 Å². The largest absolute Gasteiger partial charge is 0.355 e. The van der Waals surface area contributed by atoms with E-state index in [4.69, 9.17) is 0 Å². The number of rotatable bonds is 3. The van der Waals surface area contributed by atoms with Gasteiger partial charge in [0.2, 0.25) is 5.91 Å². The van der Waals surface area contributed by atoms with Gasteiger partial charge in [-0.05, 0) is 12.5 Å². The molecule has 1 saturated heterocycles. The van der Waals surface area contributed by atoms with Crippen LogP contribution in [0.3, 0.4) is 0 Å². The van der Waals surface area contributed by atoms with Crippen molar-refractivity contribution in [3.63, 3.8) is 0 Å². The van der Waals surface area contributed by atoms with Gasteiger partial charge in [0.05, 0.1) is 0 Å². The fourth-order valence-electron chi connectivity index (χ4n) is 1.35. The van der Waals surface area contributed by atoms with Crippen LogP contribution in [0.25, 0.3) is 0 Å². The average molecular weight is 265 g/mol. The molecule has 110 valence electrons. The van der Waals surface area contributed by atoms with E-state index in [0.717, 1.165) is 12.1 Å². The van der Waals surface area contributed by atoms with Gasteiger partial charge in [-0.1, -0.05) is 65.2 Å². The highest BCUT2D eigenvalue weighted by molar-refractivity contribution is 5.79. The quantitative estimate of drug-likeness (QED) is 0.583. The van der Waals surface area contributed by atoms with Crippen molar-refractivity contribution in [2.75, 3.05) is 6.54 Å². The second-order valence-electron chi connectivity index (χ2n) is 3.22. The zero-order valence-electron chi connectivity index (χ0n) is 13.3. The fraction of sp³-hybridized carbons (Fsp3) is 0.471. The summed E-state index contributed by atoms with van der Waals surface area (Å²) < 4.78 is 0. The number of hydrogen-bond donors (Lipinski definition) is 1. The Morgan fingerprint density at radius 2 is 1.68 bits per heavy atom. The Morgan fingerprint density at radius 1 is 1.21 bits per heavy atom. The number of carbonyl (C=O) groups excluding carboxylic acids is 1. The third-order valence-electron chi connectivity index (χ3n) is 1.99. The first-order chi connectivity index (χ1) is 9.19. The second-order valence-corrected chi connectivity index (χ2v) is 3.22. The van der Waals surface area contributed by atoms with E-state index in [9.17, 15) is 4.79 Å². The number of hydrogen-bond acceptors (Lipinski definition) is 1. The maximum absolute atomic E-state index is 10.9. The van der Waals surface area contributed by atoms with E-state index in [1.165, 1.54) is 0 Å². The van der Waals surface area contributed by atoms with Crippen molar-refractivity contribution in [1.29, 1.82) is 0 Å². The highest BCUT2D eigenvalue weighted by Gasteiger charge is 2.22. The van der Waals surface area contributed by atoms with Gasteiger partial charge in [-0.25, -0.2) is 0 Å². The standard InChI is InChI=1S/C10H13NO.C3H6.2C2H6/c1-3-5-8(4-2)9-6-10(12)11-7-9;1-3-2;2*1-2/h3-5,9H,1-2,6-7H2,(H,11,12);3H,1H2,2H3;2*1-2H3/b8-5+;;;. The summed E-state index contributed by atoms with van der Waals surface area (Å²) in [6, 6.07) is 0. The topological polar surface area (TPSA) is 29.1 Å². The van der Waals surface area contributed by atoms with E-state index >= 15 is 0 Å². The van der Waals surface area contributed by atoms with Gasteiger partial charge >= 0.3 is 0 Å². The molecule has 0 aromatic carbocycles. The lowest BCUT2D eigenvalue weighted by molar-refractivity contribution is -0.119. The van der Waals surface area contributed by atoms with Crippen molar-refractivity contribution in [3.8, 4) is 0 Å². The van der Waals surface area contributed by atoms with Crippen LogP contribution in [0.1, 0.15) is 41.0 Å². The smallest absolute Gasteiger partial charge is 0.220 e. The molecule has 0 aromatic rings. The van der Waals surface area contributed by atoms with Gasteiger partial charge in [0, 0.05) is 18.9 Å². The minimum absolute atomic E-state index is 0.122. The molecular weight excluding hydrogens is 234 g/mol. The molecule has 0 spiro atoms. The average Bonchev–Trinajstić information content (AvgIpc) is 2.88. The molecule has 1 fully saturated rings. The van der Waals surface area contributed by atoms with Gasteiger partial charge in [0.25, 0.3) is 0 Å². The number of allylic oxidation sites excluding steroid dienone is 4. The normalized spacial score (nSPS) is 16.2. The van der Waals surface area contributed by atoms with Crippen LogP contribution in [-0.4, -0.2) is 12.5 Å². The third kappa shape index (κ3) is 12.7. The first kappa shape index (κ1) is 22.6.